The Morgan fingerprint density at radius 3 is 2.65 bits per heavy atom. The number of nitrogens with one attached hydrogen (secondary N) is 1. The van der Waals surface area contributed by atoms with Crippen molar-refractivity contribution in [3.63, 3.8) is 0 Å². The second-order valence-corrected chi connectivity index (χ2v) is 4.60. The van der Waals surface area contributed by atoms with Crippen LogP contribution in [0.25, 0.3) is 0 Å². The van der Waals surface area contributed by atoms with Crippen LogP contribution in [0.15, 0.2) is 30.3 Å². The molecule has 1 heterocycles. The molecule has 110 valence electrons. The van der Waals surface area contributed by atoms with Crippen molar-refractivity contribution in [2.45, 2.75) is 18.9 Å². The van der Waals surface area contributed by atoms with Gasteiger partial charge in [0.1, 0.15) is 6.04 Å². The lowest BCUT2D eigenvalue weighted by Crippen LogP contribution is -2.46. The second-order valence-electron chi connectivity index (χ2n) is 4.60. The summed E-state index contributed by atoms with van der Waals surface area (Å²) < 4.78 is 0. The fourth-order valence-electron chi connectivity index (χ4n) is 2.34. The number of hydrogen-bond acceptors (Lipinski definition) is 3. The van der Waals surface area contributed by atoms with Gasteiger partial charge in [-0.15, -0.1) is 12.4 Å². The van der Waals surface area contributed by atoms with E-state index in [1.54, 1.807) is 17.0 Å². The molecule has 1 aliphatic rings. The molecule has 20 heavy (non-hydrogen) atoms. The molecule has 1 unspecified atom stereocenters. The van der Waals surface area contributed by atoms with Gasteiger partial charge in [0.05, 0.1) is 0 Å². The first-order chi connectivity index (χ1) is 9.24. The van der Waals surface area contributed by atoms with Gasteiger partial charge in [0, 0.05) is 25.2 Å². The molecule has 0 aromatic heterocycles. The summed E-state index contributed by atoms with van der Waals surface area (Å²) in [5.41, 5.74) is 5.99. The van der Waals surface area contributed by atoms with Crippen molar-refractivity contribution in [2.75, 3.05) is 19.6 Å². The van der Waals surface area contributed by atoms with E-state index in [0.717, 1.165) is 12.8 Å². The highest BCUT2D eigenvalue weighted by Crippen LogP contribution is 2.20. The minimum Gasteiger partial charge on any atom is -0.353 e. The lowest BCUT2D eigenvalue weighted by molar-refractivity contribution is -0.124. The summed E-state index contributed by atoms with van der Waals surface area (Å²) >= 11 is 0. The molecule has 2 rings (SSSR count). The molecule has 1 atom stereocenters. The molecule has 3 N–H and O–H groups in total. The zero-order chi connectivity index (χ0) is 13.7. The van der Waals surface area contributed by atoms with Crippen molar-refractivity contribution < 1.29 is 9.59 Å². The first-order valence-electron chi connectivity index (χ1n) is 6.58. The number of hydrogen-bond donors (Lipinski definition) is 2. The third-order valence-electron chi connectivity index (χ3n) is 3.28. The Labute approximate surface area is 124 Å². The van der Waals surface area contributed by atoms with E-state index in [2.05, 4.69) is 5.32 Å². The van der Waals surface area contributed by atoms with Gasteiger partial charge in [-0.2, -0.15) is 0 Å². The van der Waals surface area contributed by atoms with Crippen LogP contribution in [0.4, 0.5) is 0 Å². The van der Waals surface area contributed by atoms with Crippen molar-refractivity contribution in [1.29, 1.82) is 0 Å². The molecule has 1 fully saturated rings. The van der Waals surface area contributed by atoms with Gasteiger partial charge in [0.25, 0.3) is 5.91 Å². The molecule has 2 amide bonds. The summed E-state index contributed by atoms with van der Waals surface area (Å²) in [6, 6.07) is 8.70. The third kappa shape index (κ3) is 3.71. The number of nitrogens with zero attached hydrogens (tertiary/aromatic N) is 1. The first kappa shape index (κ1) is 16.5. The minimum atomic E-state index is -0.362. The molecule has 0 spiro atoms. The highest BCUT2D eigenvalue weighted by Gasteiger charge is 2.34. The van der Waals surface area contributed by atoms with Crippen LogP contribution in [0.5, 0.6) is 0 Å². The van der Waals surface area contributed by atoms with Gasteiger partial charge >= 0.3 is 0 Å². The smallest absolute Gasteiger partial charge is 0.254 e. The maximum atomic E-state index is 12.4. The van der Waals surface area contributed by atoms with Crippen molar-refractivity contribution in [3.05, 3.63) is 35.9 Å². The fraction of sp³-hybridized carbons (Fsp3) is 0.429. The topological polar surface area (TPSA) is 75.4 Å². The molecule has 5 nitrogen and oxygen atoms in total. The van der Waals surface area contributed by atoms with Crippen molar-refractivity contribution in [1.82, 2.24) is 10.2 Å². The van der Waals surface area contributed by atoms with Gasteiger partial charge < -0.3 is 16.0 Å². The average Bonchev–Trinajstić information content (AvgIpc) is 2.94. The minimum absolute atomic E-state index is 0. The Morgan fingerprint density at radius 2 is 2.00 bits per heavy atom. The van der Waals surface area contributed by atoms with Gasteiger partial charge in [-0.3, -0.25) is 9.59 Å². The summed E-state index contributed by atoms with van der Waals surface area (Å²) in [6.07, 6.45) is 1.58. The van der Waals surface area contributed by atoms with Gasteiger partial charge in [-0.05, 0) is 25.0 Å². The summed E-state index contributed by atoms with van der Waals surface area (Å²) in [4.78, 5) is 26.0. The fourth-order valence-corrected chi connectivity index (χ4v) is 2.34. The Balaban J connectivity index is 0.00000200. The largest absolute Gasteiger partial charge is 0.353 e. The highest BCUT2D eigenvalue weighted by atomic mass is 35.5. The van der Waals surface area contributed by atoms with E-state index in [1.165, 1.54) is 0 Å². The average molecular weight is 298 g/mol. The predicted octanol–water partition coefficient (Wildman–Crippen LogP) is 0.788. The van der Waals surface area contributed by atoms with E-state index < -0.39 is 0 Å². The number of likely N-dealkylation sites (tertiary alicyclic amines) is 1. The van der Waals surface area contributed by atoms with Gasteiger partial charge in [0.15, 0.2) is 0 Å². The molecule has 1 aliphatic heterocycles. The van der Waals surface area contributed by atoms with Crippen molar-refractivity contribution in [2.24, 2.45) is 5.73 Å². The Bertz CT molecular complexity index is 453. The van der Waals surface area contributed by atoms with Crippen LogP contribution in [0.3, 0.4) is 0 Å². The summed E-state index contributed by atoms with van der Waals surface area (Å²) in [5.74, 6) is -0.182. The summed E-state index contributed by atoms with van der Waals surface area (Å²) in [5, 5.41) is 2.75. The monoisotopic (exact) mass is 297 g/mol. The van der Waals surface area contributed by atoms with Crippen molar-refractivity contribution in [3.8, 4) is 0 Å². The number of rotatable bonds is 4. The molecule has 0 bridgehead atoms. The zero-order valence-corrected chi connectivity index (χ0v) is 12.1. The summed E-state index contributed by atoms with van der Waals surface area (Å²) in [7, 11) is 0. The first-order valence-corrected chi connectivity index (χ1v) is 6.58. The van der Waals surface area contributed by atoms with Crippen molar-refractivity contribution >= 4 is 24.2 Å². The summed E-state index contributed by atoms with van der Waals surface area (Å²) in [6.45, 7) is 1.49. The maximum Gasteiger partial charge on any atom is 0.254 e. The SMILES string of the molecule is Cl.NCCNC(=O)C1CCCN1C(=O)c1ccccc1. The standard InChI is InChI=1S/C14H19N3O2.ClH/c15-8-9-16-13(18)12-7-4-10-17(12)14(19)11-5-2-1-3-6-11;/h1-3,5-6,12H,4,7-10,15H2,(H,16,18);1H. The van der Waals surface area contributed by atoms with E-state index in [1.807, 2.05) is 18.2 Å². The third-order valence-corrected chi connectivity index (χ3v) is 3.28. The van der Waals surface area contributed by atoms with Crippen LogP contribution in [-0.2, 0) is 4.79 Å². The van der Waals surface area contributed by atoms with E-state index in [4.69, 9.17) is 5.73 Å². The Hall–Kier alpha value is -1.59. The molecular weight excluding hydrogens is 278 g/mol. The van der Waals surface area contributed by atoms with Crippen LogP contribution in [0, 0.1) is 0 Å². The molecular formula is C14H20ClN3O2. The van der Waals surface area contributed by atoms with E-state index in [0.29, 0.717) is 25.2 Å². The Kier molecular flexibility index (Phi) is 6.48. The highest BCUT2D eigenvalue weighted by molar-refractivity contribution is 5.97. The number of halogens is 1. The lowest BCUT2D eigenvalue weighted by Gasteiger charge is -2.24. The molecule has 0 radical (unpaired) electrons. The van der Waals surface area contributed by atoms with E-state index in [9.17, 15) is 9.59 Å². The quantitative estimate of drug-likeness (QED) is 0.863. The molecule has 6 heteroatoms. The molecule has 0 aliphatic carbocycles. The number of benzene rings is 1. The maximum absolute atomic E-state index is 12.4. The van der Waals surface area contributed by atoms with Gasteiger partial charge in [-0.1, -0.05) is 18.2 Å². The van der Waals surface area contributed by atoms with Crippen LogP contribution in [0.1, 0.15) is 23.2 Å². The Morgan fingerprint density at radius 1 is 1.30 bits per heavy atom. The second kappa shape index (κ2) is 7.87. The van der Waals surface area contributed by atoms with Gasteiger partial charge in [0.2, 0.25) is 5.91 Å². The number of carbonyl (C=O) groups is 2. The lowest BCUT2D eigenvalue weighted by atomic mass is 10.1. The number of amides is 2. The van der Waals surface area contributed by atoms with E-state index >= 15 is 0 Å². The molecule has 0 saturated carbocycles. The van der Waals surface area contributed by atoms with Crippen LogP contribution in [-0.4, -0.2) is 42.4 Å². The zero-order valence-electron chi connectivity index (χ0n) is 11.2. The van der Waals surface area contributed by atoms with Gasteiger partial charge in [-0.25, -0.2) is 0 Å². The normalized spacial score (nSPS) is 17.4. The van der Waals surface area contributed by atoms with Crippen LogP contribution in [0.2, 0.25) is 0 Å². The molecule has 1 saturated heterocycles. The van der Waals surface area contributed by atoms with E-state index in [-0.39, 0.29) is 30.3 Å². The molecule has 1 aromatic carbocycles. The van der Waals surface area contributed by atoms with Crippen LogP contribution >= 0.6 is 12.4 Å². The van der Waals surface area contributed by atoms with Crippen LogP contribution < -0.4 is 11.1 Å². The predicted molar refractivity (Wildman–Crippen MR) is 79.8 cm³/mol. The molecule has 1 aromatic rings. The number of nitrogens with two attached hydrogens (primary N) is 1. The number of carbonyl (C=O) groups excluding carboxylic acids is 2.